The lowest BCUT2D eigenvalue weighted by molar-refractivity contribution is -0.00152. The number of carbonyl (C=O) groups is 1. The predicted molar refractivity (Wildman–Crippen MR) is 116 cm³/mol. The highest BCUT2D eigenvalue weighted by atomic mass is 35.5. The highest BCUT2D eigenvalue weighted by molar-refractivity contribution is 7.92. The molecule has 0 unspecified atom stereocenters. The van der Waals surface area contributed by atoms with Crippen LogP contribution in [0.5, 0.6) is 5.88 Å². The minimum absolute atomic E-state index is 0.0179. The standard InChI is InChI=1S/C20H18ClF2N5O5S/c1-24-19(29)18-13-8-33-14(7-28(13)9-26-18)16-11(22)3-4-12(17(16)23)27-34(30,31)15-5-10(21)6-25-20(15)32-2/h3-6,9,14,27H,7-8H2,1-2H3,(H,24,29)/t14-/m1/s1. The van der Waals surface area contributed by atoms with Crippen LogP contribution in [0.1, 0.15) is 27.8 Å². The molecule has 0 saturated heterocycles. The lowest BCUT2D eigenvalue weighted by atomic mass is 10.1. The largest absolute Gasteiger partial charge is 0.480 e. The van der Waals surface area contributed by atoms with Crippen LogP contribution in [0.15, 0.2) is 35.6 Å². The van der Waals surface area contributed by atoms with E-state index >= 15 is 4.39 Å². The van der Waals surface area contributed by atoms with Crippen LogP contribution in [0, 0.1) is 11.6 Å². The zero-order valence-electron chi connectivity index (χ0n) is 17.8. The fourth-order valence-electron chi connectivity index (χ4n) is 3.51. The van der Waals surface area contributed by atoms with Gasteiger partial charge in [0.1, 0.15) is 11.9 Å². The fourth-order valence-corrected chi connectivity index (χ4v) is 4.93. The van der Waals surface area contributed by atoms with Gasteiger partial charge in [0, 0.05) is 13.2 Å². The Morgan fingerprint density at radius 2 is 2.09 bits per heavy atom. The van der Waals surface area contributed by atoms with Crippen LogP contribution in [0.2, 0.25) is 5.02 Å². The molecule has 1 aliphatic rings. The van der Waals surface area contributed by atoms with Gasteiger partial charge in [-0.3, -0.25) is 9.52 Å². The Balaban J connectivity index is 1.67. The maximum absolute atomic E-state index is 15.4. The van der Waals surface area contributed by atoms with Gasteiger partial charge < -0.3 is 19.4 Å². The van der Waals surface area contributed by atoms with Crippen molar-refractivity contribution in [1.82, 2.24) is 19.9 Å². The van der Waals surface area contributed by atoms with E-state index in [0.717, 1.165) is 18.2 Å². The van der Waals surface area contributed by atoms with Crippen LogP contribution < -0.4 is 14.8 Å². The molecule has 2 aromatic heterocycles. The molecule has 4 rings (SSSR count). The quantitative estimate of drug-likeness (QED) is 0.519. The summed E-state index contributed by atoms with van der Waals surface area (Å²) in [6, 6.07) is 2.96. The van der Waals surface area contributed by atoms with Gasteiger partial charge in [-0.2, -0.15) is 0 Å². The molecule has 10 nitrogen and oxygen atoms in total. The fraction of sp³-hybridized carbons (Fsp3) is 0.250. The molecule has 1 aromatic carbocycles. The number of sulfonamides is 1. The first kappa shape index (κ1) is 23.9. The number of halogens is 3. The average molecular weight is 514 g/mol. The summed E-state index contributed by atoms with van der Waals surface area (Å²) in [5.41, 5.74) is -0.386. The number of nitrogens with zero attached hydrogens (tertiary/aromatic N) is 3. The van der Waals surface area contributed by atoms with Crippen LogP contribution in [-0.4, -0.2) is 43.0 Å². The number of fused-ring (bicyclic) bond motifs is 1. The Kier molecular flexibility index (Phi) is 6.43. The van der Waals surface area contributed by atoms with Crippen molar-refractivity contribution in [3.63, 3.8) is 0 Å². The summed E-state index contributed by atoms with van der Waals surface area (Å²) < 4.78 is 70.0. The number of benzene rings is 1. The second-order valence-corrected chi connectivity index (χ2v) is 9.25. The summed E-state index contributed by atoms with van der Waals surface area (Å²) in [6.07, 6.45) is 1.46. The van der Waals surface area contributed by atoms with Gasteiger partial charge in [0.25, 0.3) is 15.9 Å². The molecular formula is C20H18ClF2N5O5S. The third-order valence-corrected chi connectivity index (χ3v) is 6.70. The van der Waals surface area contributed by atoms with Gasteiger partial charge in [-0.1, -0.05) is 11.6 Å². The Bertz CT molecular complexity index is 1380. The van der Waals surface area contributed by atoms with Crippen molar-refractivity contribution < 1.29 is 31.5 Å². The lowest BCUT2D eigenvalue weighted by Gasteiger charge is -2.26. The Labute approximate surface area is 197 Å². The second-order valence-electron chi connectivity index (χ2n) is 7.16. The van der Waals surface area contributed by atoms with Crippen LogP contribution in [0.3, 0.4) is 0 Å². The van der Waals surface area contributed by atoms with E-state index in [1.54, 1.807) is 4.57 Å². The van der Waals surface area contributed by atoms with Crippen molar-refractivity contribution in [2.45, 2.75) is 24.2 Å². The minimum atomic E-state index is -4.40. The first-order chi connectivity index (χ1) is 16.2. The molecule has 1 aliphatic heterocycles. The van der Waals surface area contributed by atoms with Gasteiger partial charge >= 0.3 is 0 Å². The SMILES string of the molecule is CNC(=O)c1ncn2c1CO[C@@H](c1c(F)ccc(NS(=O)(=O)c3cc(Cl)cnc3OC)c1F)C2. The van der Waals surface area contributed by atoms with Crippen molar-refractivity contribution in [2.24, 2.45) is 0 Å². The first-order valence-electron chi connectivity index (χ1n) is 9.74. The Hall–Kier alpha value is -3.29. The van der Waals surface area contributed by atoms with E-state index < -0.39 is 49.8 Å². The zero-order valence-corrected chi connectivity index (χ0v) is 19.4. The van der Waals surface area contributed by atoms with Gasteiger partial charge in [0.2, 0.25) is 5.88 Å². The number of carbonyl (C=O) groups excluding carboxylic acids is 1. The maximum Gasteiger partial charge on any atom is 0.271 e. The van der Waals surface area contributed by atoms with E-state index in [1.165, 1.54) is 26.7 Å². The number of nitrogens with one attached hydrogen (secondary N) is 2. The molecule has 0 bridgehead atoms. The smallest absolute Gasteiger partial charge is 0.271 e. The van der Waals surface area contributed by atoms with Crippen molar-refractivity contribution in [3.05, 3.63) is 64.3 Å². The van der Waals surface area contributed by atoms with Gasteiger partial charge in [0.15, 0.2) is 16.4 Å². The van der Waals surface area contributed by atoms with Gasteiger partial charge in [0.05, 0.1) is 48.6 Å². The molecule has 0 saturated carbocycles. The number of anilines is 1. The molecule has 0 fully saturated rings. The number of pyridine rings is 1. The average Bonchev–Trinajstić information content (AvgIpc) is 3.24. The third-order valence-electron chi connectivity index (χ3n) is 5.13. The van der Waals surface area contributed by atoms with E-state index in [1.807, 2.05) is 0 Å². The van der Waals surface area contributed by atoms with Crippen molar-refractivity contribution >= 4 is 33.2 Å². The Morgan fingerprint density at radius 1 is 1.32 bits per heavy atom. The number of ether oxygens (including phenoxy) is 2. The predicted octanol–water partition coefficient (Wildman–Crippen LogP) is 2.65. The molecular weight excluding hydrogens is 496 g/mol. The Morgan fingerprint density at radius 3 is 2.79 bits per heavy atom. The zero-order chi connectivity index (χ0) is 24.6. The molecule has 2 N–H and O–H groups in total. The number of rotatable bonds is 6. The number of imidazole rings is 1. The normalized spacial score (nSPS) is 15.5. The molecule has 1 amide bonds. The molecule has 3 heterocycles. The molecule has 180 valence electrons. The molecule has 34 heavy (non-hydrogen) atoms. The van der Waals surface area contributed by atoms with Gasteiger partial charge in [-0.05, 0) is 18.2 Å². The van der Waals surface area contributed by atoms with E-state index in [9.17, 15) is 17.6 Å². The number of amides is 1. The number of hydrogen-bond donors (Lipinski definition) is 2. The van der Waals surface area contributed by atoms with E-state index in [4.69, 9.17) is 21.1 Å². The van der Waals surface area contributed by atoms with Crippen molar-refractivity contribution in [2.75, 3.05) is 18.9 Å². The summed E-state index contributed by atoms with van der Waals surface area (Å²) in [7, 11) is -1.74. The molecule has 0 aliphatic carbocycles. The summed E-state index contributed by atoms with van der Waals surface area (Å²) in [5, 5.41) is 2.47. The highest BCUT2D eigenvalue weighted by Gasteiger charge is 2.31. The first-order valence-corrected chi connectivity index (χ1v) is 11.6. The van der Waals surface area contributed by atoms with E-state index in [-0.39, 0.29) is 29.7 Å². The number of methoxy groups -OCH3 is 1. The molecule has 3 aromatic rings. The van der Waals surface area contributed by atoms with E-state index in [2.05, 4.69) is 20.0 Å². The van der Waals surface area contributed by atoms with Crippen LogP contribution in [0.4, 0.5) is 14.5 Å². The summed E-state index contributed by atoms with van der Waals surface area (Å²) in [4.78, 5) is 19.3. The third kappa shape index (κ3) is 4.29. The maximum atomic E-state index is 15.4. The summed E-state index contributed by atoms with van der Waals surface area (Å²) in [6.45, 7) is -0.178. The summed E-state index contributed by atoms with van der Waals surface area (Å²) in [5.74, 6) is -2.76. The number of aromatic nitrogens is 3. The van der Waals surface area contributed by atoms with Crippen molar-refractivity contribution in [3.8, 4) is 5.88 Å². The lowest BCUT2D eigenvalue weighted by Crippen LogP contribution is -2.26. The minimum Gasteiger partial charge on any atom is -0.480 e. The molecule has 0 radical (unpaired) electrons. The molecule has 0 spiro atoms. The topological polar surface area (TPSA) is 124 Å². The van der Waals surface area contributed by atoms with Crippen LogP contribution in [0.25, 0.3) is 0 Å². The number of hydrogen-bond acceptors (Lipinski definition) is 7. The van der Waals surface area contributed by atoms with Gasteiger partial charge in [-0.15, -0.1) is 0 Å². The summed E-state index contributed by atoms with van der Waals surface area (Å²) >= 11 is 5.85. The van der Waals surface area contributed by atoms with E-state index in [0.29, 0.717) is 5.69 Å². The molecule has 1 atom stereocenters. The molecule has 14 heteroatoms. The monoisotopic (exact) mass is 513 g/mol. The van der Waals surface area contributed by atoms with Gasteiger partial charge in [-0.25, -0.2) is 27.2 Å². The second kappa shape index (κ2) is 9.16. The van der Waals surface area contributed by atoms with Crippen molar-refractivity contribution in [1.29, 1.82) is 0 Å². The van der Waals surface area contributed by atoms with Crippen LogP contribution in [-0.2, 0) is 27.9 Å². The van der Waals surface area contributed by atoms with Crippen LogP contribution >= 0.6 is 11.6 Å². The highest BCUT2D eigenvalue weighted by Crippen LogP contribution is 2.35.